The summed E-state index contributed by atoms with van der Waals surface area (Å²) in [5, 5.41) is 6.03. The number of aromatic nitrogens is 2. The van der Waals surface area contributed by atoms with Gasteiger partial charge in [-0.05, 0) is 42.0 Å². The van der Waals surface area contributed by atoms with Crippen LogP contribution in [-0.4, -0.2) is 15.9 Å². The molecule has 6 nitrogen and oxygen atoms in total. The minimum absolute atomic E-state index is 0.219. The van der Waals surface area contributed by atoms with Crippen LogP contribution in [0.25, 0.3) is 0 Å². The number of nitrogens with zero attached hydrogens (tertiary/aromatic N) is 2. The molecular weight excluding hydrogens is 292 g/mol. The first-order chi connectivity index (χ1) is 11.3. The van der Waals surface area contributed by atoms with Gasteiger partial charge in [-0.1, -0.05) is 0 Å². The number of furan rings is 1. The molecule has 0 aliphatic heterocycles. The molecule has 3 rings (SSSR count). The molecule has 3 aromatic heterocycles. The Bertz CT molecular complexity index is 757. The van der Waals surface area contributed by atoms with Crippen LogP contribution in [0.3, 0.4) is 0 Å². The third-order valence-corrected chi connectivity index (χ3v) is 3.24. The maximum Gasteiger partial charge on any atom is 0.270 e. The molecular formula is C17H16N4O2. The van der Waals surface area contributed by atoms with Crippen LogP contribution in [0.5, 0.6) is 0 Å². The summed E-state index contributed by atoms with van der Waals surface area (Å²) >= 11 is 0. The molecule has 0 aliphatic rings. The van der Waals surface area contributed by atoms with Gasteiger partial charge in [0.05, 0.1) is 12.8 Å². The summed E-state index contributed by atoms with van der Waals surface area (Å²) in [5.41, 5.74) is 2.16. The lowest BCUT2D eigenvalue weighted by molar-refractivity contribution is 0.0946. The number of nitrogens with one attached hydrogen (secondary N) is 2. The second-order valence-corrected chi connectivity index (χ2v) is 4.90. The van der Waals surface area contributed by atoms with Crippen molar-refractivity contribution >= 4 is 11.6 Å². The number of carbonyl (C=O) groups is 1. The Morgan fingerprint density at radius 3 is 2.74 bits per heavy atom. The molecule has 0 fully saturated rings. The third-order valence-electron chi connectivity index (χ3n) is 3.24. The highest BCUT2D eigenvalue weighted by Gasteiger charge is 2.08. The molecule has 23 heavy (non-hydrogen) atoms. The molecule has 0 atom stereocenters. The van der Waals surface area contributed by atoms with Gasteiger partial charge >= 0.3 is 0 Å². The predicted octanol–water partition coefficient (Wildman–Crippen LogP) is 2.61. The number of hydrogen-bond donors (Lipinski definition) is 2. The van der Waals surface area contributed by atoms with E-state index in [0.29, 0.717) is 18.8 Å². The van der Waals surface area contributed by atoms with Gasteiger partial charge in [-0.3, -0.25) is 14.8 Å². The van der Waals surface area contributed by atoms with E-state index in [4.69, 9.17) is 4.42 Å². The van der Waals surface area contributed by atoms with Crippen molar-refractivity contribution in [2.45, 2.75) is 13.1 Å². The van der Waals surface area contributed by atoms with Gasteiger partial charge in [0.15, 0.2) is 0 Å². The van der Waals surface area contributed by atoms with E-state index in [1.807, 2.05) is 30.3 Å². The molecule has 0 radical (unpaired) electrons. The highest BCUT2D eigenvalue weighted by molar-refractivity contribution is 5.93. The molecule has 2 N–H and O–H groups in total. The van der Waals surface area contributed by atoms with Crippen LogP contribution in [0.1, 0.15) is 21.8 Å². The zero-order valence-corrected chi connectivity index (χ0v) is 12.4. The zero-order valence-electron chi connectivity index (χ0n) is 12.4. The molecule has 116 valence electrons. The van der Waals surface area contributed by atoms with Crippen molar-refractivity contribution in [3.05, 3.63) is 78.3 Å². The molecule has 0 unspecified atom stereocenters. The van der Waals surface area contributed by atoms with Crippen molar-refractivity contribution in [3.8, 4) is 0 Å². The summed E-state index contributed by atoms with van der Waals surface area (Å²) in [6.45, 7) is 0.988. The van der Waals surface area contributed by atoms with Gasteiger partial charge < -0.3 is 15.1 Å². The Morgan fingerprint density at radius 2 is 1.96 bits per heavy atom. The average molecular weight is 308 g/mol. The standard InChI is InChI=1S/C17H16N4O2/c22-17(21-11-13-3-6-18-7-4-13)16-10-14(5-8-19-16)20-12-15-2-1-9-23-15/h1-10H,11-12H2,(H,19,20)(H,21,22). The predicted molar refractivity (Wildman–Crippen MR) is 85.7 cm³/mol. The van der Waals surface area contributed by atoms with Crippen LogP contribution in [0.15, 0.2) is 65.7 Å². The second kappa shape index (κ2) is 7.22. The molecule has 1 amide bonds. The average Bonchev–Trinajstić information content (AvgIpc) is 3.12. The lowest BCUT2D eigenvalue weighted by Crippen LogP contribution is -2.23. The normalized spacial score (nSPS) is 10.3. The van der Waals surface area contributed by atoms with Crippen LogP contribution < -0.4 is 10.6 Å². The fraction of sp³-hybridized carbons (Fsp3) is 0.118. The molecule has 0 saturated carbocycles. The first kappa shape index (κ1) is 14.8. The van der Waals surface area contributed by atoms with E-state index >= 15 is 0 Å². The fourth-order valence-electron chi connectivity index (χ4n) is 2.04. The van der Waals surface area contributed by atoms with Crippen LogP contribution in [-0.2, 0) is 13.1 Å². The van der Waals surface area contributed by atoms with Crippen LogP contribution in [0.2, 0.25) is 0 Å². The van der Waals surface area contributed by atoms with E-state index in [2.05, 4.69) is 20.6 Å². The highest BCUT2D eigenvalue weighted by atomic mass is 16.3. The lowest BCUT2D eigenvalue weighted by Gasteiger charge is -2.07. The molecule has 6 heteroatoms. The monoisotopic (exact) mass is 308 g/mol. The Labute approximate surface area is 133 Å². The number of carbonyl (C=O) groups excluding carboxylic acids is 1. The van der Waals surface area contributed by atoms with Gasteiger partial charge in [-0.25, -0.2) is 0 Å². The van der Waals surface area contributed by atoms with Crippen molar-refractivity contribution in [1.82, 2.24) is 15.3 Å². The first-order valence-corrected chi connectivity index (χ1v) is 7.21. The number of pyridine rings is 2. The van der Waals surface area contributed by atoms with E-state index in [0.717, 1.165) is 17.0 Å². The Balaban J connectivity index is 1.58. The molecule has 3 heterocycles. The second-order valence-electron chi connectivity index (χ2n) is 4.90. The quantitative estimate of drug-likeness (QED) is 0.731. The number of amides is 1. The van der Waals surface area contributed by atoms with Crippen LogP contribution >= 0.6 is 0 Å². The van der Waals surface area contributed by atoms with Gasteiger partial charge in [-0.2, -0.15) is 0 Å². The number of hydrogen-bond acceptors (Lipinski definition) is 5. The van der Waals surface area contributed by atoms with Crippen molar-refractivity contribution in [3.63, 3.8) is 0 Å². The molecule has 3 aromatic rings. The highest BCUT2D eigenvalue weighted by Crippen LogP contribution is 2.11. The minimum atomic E-state index is -0.219. The van der Waals surface area contributed by atoms with Crippen molar-refractivity contribution < 1.29 is 9.21 Å². The van der Waals surface area contributed by atoms with Crippen molar-refractivity contribution in [1.29, 1.82) is 0 Å². The maximum atomic E-state index is 12.2. The summed E-state index contributed by atoms with van der Waals surface area (Å²) < 4.78 is 5.26. The summed E-state index contributed by atoms with van der Waals surface area (Å²) in [4.78, 5) is 20.2. The van der Waals surface area contributed by atoms with Crippen LogP contribution in [0.4, 0.5) is 5.69 Å². The molecule has 0 spiro atoms. The van der Waals surface area contributed by atoms with E-state index in [1.54, 1.807) is 30.9 Å². The first-order valence-electron chi connectivity index (χ1n) is 7.21. The largest absolute Gasteiger partial charge is 0.467 e. The third kappa shape index (κ3) is 4.16. The smallest absolute Gasteiger partial charge is 0.270 e. The van der Waals surface area contributed by atoms with Crippen LogP contribution in [0, 0.1) is 0 Å². The van der Waals surface area contributed by atoms with E-state index in [1.165, 1.54) is 0 Å². The zero-order chi connectivity index (χ0) is 15.9. The van der Waals surface area contributed by atoms with Crippen molar-refractivity contribution in [2.75, 3.05) is 5.32 Å². The SMILES string of the molecule is O=C(NCc1ccncc1)c1cc(NCc2ccco2)ccn1. The topological polar surface area (TPSA) is 80.0 Å². The Morgan fingerprint density at radius 1 is 1.09 bits per heavy atom. The molecule has 0 aliphatic carbocycles. The Hall–Kier alpha value is -3.15. The summed E-state index contributed by atoms with van der Waals surface area (Å²) in [6, 6.07) is 11.0. The summed E-state index contributed by atoms with van der Waals surface area (Å²) in [7, 11) is 0. The minimum Gasteiger partial charge on any atom is -0.467 e. The summed E-state index contributed by atoms with van der Waals surface area (Å²) in [5.74, 6) is 0.606. The van der Waals surface area contributed by atoms with Gasteiger partial charge in [0.2, 0.25) is 0 Å². The van der Waals surface area contributed by atoms with Gasteiger partial charge in [0, 0.05) is 30.8 Å². The molecule has 0 saturated heterocycles. The van der Waals surface area contributed by atoms with Crippen molar-refractivity contribution in [2.24, 2.45) is 0 Å². The van der Waals surface area contributed by atoms with E-state index in [-0.39, 0.29) is 5.91 Å². The number of anilines is 1. The molecule has 0 bridgehead atoms. The fourth-order valence-corrected chi connectivity index (χ4v) is 2.04. The maximum absolute atomic E-state index is 12.2. The lowest BCUT2D eigenvalue weighted by atomic mass is 10.2. The van der Waals surface area contributed by atoms with Gasteiger partial charge in [-0.15, -0.1) is 0 Å². The number of rotatable bonds is 6. The van der Waals surface area contributed by atoms with Gasteiger partial charge in [0.1, 0.15) is 11.5 Å². The molecule has 0 aromatic carbocycles. The van der Waals surface area contributed by atoms with Gasteiger partial charge in [0.25, 0.3) is 5.91 Å². The van der Waals surface area contributed by atoms with E-state index in [9.17, 15) is 4.79 Å². The van der Waals surface area contributed by atoms with E-state index < -0.39 is 0 Å². The Kier molecular flexibility index (Phi) is 4.63. The summed E-state index contributed by atoms with van der Waals surface area (Å²) in [6.07, 6.45) is 6.62.